The van der Waals surface area contributed by atoms with Crippen molar-refractivity contribution in [2.45, 2.75) is 39.0 Å². The van der Waals surface area contributed by atoms with Gasteiger partial charge in [0.25, 0.3) is 0 Å². The second kappa shape index (κ2) is 7.10. The highest BCUT2D eigenvalue weighted by Crippen LogP contribution is 2.45. The maximum absolute atomic E-state index is 12.9. The molecule has 138 valence electrons. The number of esters is 1. The molecule has 4 nitrogen and oxygen atoms in total. The molecule has 2 aromatic carbocycles. The van der Waals surface area contributed by atoms with Crippen molar-refractivity contribution in [3.8, 4) is 0 Å². The predicted molar refractivity (Wildman–Crippen MR) is 106 cm³/mol. The number of carbonyl (C=O) groups is 2. The molecule has 0 saturated carbocycles. The lowest BCUT2D eigenvalue weighted by molar-refractivity contribution is -0.146. The Morgan fingerprint density at radius 3 is 2.74 bits per heavy atom. The number of hydrogen-bond acceptors (Lipinski definition) is 4. The fourth-order valence-corrected chi connectivity index (χ4v) is 4.40. The molecule has 0 radical (unpaired) electrons. The number of aliphatic imine (C=N–C) groups is 1. The van der Waals surface area contributed by atoms with Gasteiger partial charge in [-0.1, -0.05) is 42.5 Å². The van der Waals surface area contributed by atoms with Crippen molar-refractivity contribution < 1.29 is 14.3 Å². The fourth-order valence-electron chi connectivity index (χ4n) is 4.40. The molecule has 1 aliphatic heterocycles. The SMILES string of the molecule is CCOC(=O)C1C(C)=NC2=C(C(=O)CCC2)[C@H]1c1cccc2ccccc12. The van der Waals surface area contributed by atoms with Gasteiger partial charge in [0.15, 0.2) is 5.78 Å². The summed E-state index contributed by atoms with van der Waals surface area (Å²) in [4.78, 5) is 30.4. The van der Waals surface area contributed by atoms with E-state index in [1.807, 2.05) is 31.2 Å². The van der Waals surface area contributed by atoms with Gasteiger partial charge in [0.2, 0.25) is 0 Å². The van der Waals surface area contributed by atoms with Gasteiger partial charge in [-0.3, -0.25) is 14.6 Å². The van der Waals surface area contributed by atoms with E-state index in [9.17, 15) is 9.59 Å². The lowest BCUT2D eigenvalue weighted by Crippen LogP contribution is -2.37. The number of carbonyl (C=O) groups excluding carboxylic acids is 2. The zero-order valence-electron chi connectivity index (χ0n) is 15.7. The van der Waals surface area contributed by atoms with Crippen molar-refractivity contribution in [2.75, 3.05) is 6.61 Å². The molecule has 4 rings (SSSR count). The minimum atomic E-state index is -0.559. The lowest BCUT2D eigenvalue weighted by Gasteiger charge is -2.35. The van der Waals surface area contributed by atoms with E-state index in [0.717, 1.165) is 40.6 Å². The summed E-state index contributed by atoms with van der Waals surface area (Å²) in [6, 6.07) is 14.2. The first kappa shape index (κ1) is 17.7. The zero-order valence-corrected chi connectivity index (χ0v) is 15.7. The second-order valence-corrected chi connectivity index (χ2v) is 7.17. The zero-order chi connectivity index (χ0) is 19.0. The molecule has 0 fully saturated rings. The number of ether oxygens (including phenoxy) is 1. The van der Waals surface area contributed by atoms with Gasteiger partial charge in [0, 0.05) is 29.3 Å². The number of hydrogen-bond donors (Lipinski definition) is 0. The summed E-state index contributed by atoms with van der Waals surface area (Å²) in [6.07, 6.45) is 2.13. The molecule has 27 heavy (non-hydrogen) atoms. The van der Waals surface area contributed by atoms with Gasteiger partial charge in [-0.05, 0) is 43.0 Å². The highest BCUT2D eigenvalue weighted by Gasteiger charge is 2.43. The third-order valence-corrected chi connectivity index (χ3v) is 5.53. The van der Waals surface area contributed by atoms with E-state index < -0.39 is 5.92 Å². The summed E-state index contributed by atoms with van der Waals surface area (Å²) in [5, 5.41) is 2.17. The molecule has 0 amide bonds. The van der Waals surface area contributed by atoms with Crippen LogP contribution in [0.5, 0.6) is 0 Å². The molecule has 2 aromatic rings. The summed E-state index contributed by atoms with van der Waals surface area (Å²) in [7, 11) is 0. The summed E-state index contributed by atoms with van der Waals surface area (Å²) in [5.41, 5.74) is 3.30. The number of Topliss-reactive ketones (excluding diaryl/α,β-unsaturated/α-hetero) is 1. The van der Waals surface area contributed by atoms with Crippen LogP contribution in [0.2, 0.25) is 0 Å². The van der Waals surface area contributed by atoms with E-state index in [2.05, 4.69) is 23.2 Å². The first-order valence-corrected chi connectivity index (χ1v) is 9.57. The van der Waals surface area contributed by atoms with Gasteiger partial charge in [0.1, 0.15) is 5.92 Å². The maximum atomic E-state index is 12.9. The Bertz CT molecular complexity index is 981. The lowest BCUT2D eigenvalue weighted by atomic mass is 9.71. The van der Waals surface area contributed by atoms with Crippen LogP contribution in [0.4, 0.5) is 0 Å². The van der Waals surface area contributed by atoms with Crippen molar-refractivity contribution in [2.24, 2.45) is 10.9 Å². The minimum Gasteiger partial charge on any atom is -0.465 e. The van der Waals surface area contributed by atoms with E-state index in [1.165, 1.54) is 0 Å². The average molecular weight is 361 g/mol. The minimum absolute atomic E-state index is 0.111. The Labute approximate surface area is 158 Å². The van der Waals surface area contributed by atoms with Crippen LogP contribution < -0.4 is 0 Å². The Morgan fingerprint density at radius 1 is 1.15 bits per heavy atom. The summed E-state index contributed by atoms with van der Waals surface area (Å²) >= 11 is 0. The second-order valence-electron chi connectivity index (χ2n) is 7.17. The number of allylic oxidation sites excluding steroid dienone is 2. The van der Waals surface area contributed by atoms with E-state index in [0.29, 0.717) is 18.6 Å². The van der Waals surface area contributed by atoms with E-state index >= 15 is 0 Å². The highest BCUT2D eigenvalue weighted by molar-refractivity contribution is 6.09. The molecule has 0 N–H and O–H groups in total. The Morgan fingerprint density at radius 2 is 1.93 bits per heavy atom. The molecule has 2 aliphatic rings. The third-order valence-electron chi connectivity index (χ3n) is 5.53. The van der Waals surface area contributed by atoms with E-state index in [-0.39, 0.29) is 17.7 Å². The van der Waals surface area contributed by atoms with Crippen LogP contribution >= 0.6 is 0 Å². The monoisotopic (exact) mass is 361 g/mol. The van der Waals surface area contributed by atoms with Crippen LogP contribution in [-0.2, 0) is 14.3 Å². The first-order chi connectivity index (χ1) is 13.1. The van der Waals surface area contributed by atoms with E-state index in [4.69, 9.17) is 4.74 Å². The number of rotatable bonds is 3. The molecule has 4 heteroatoms. The largest absolute Gasteiger partial charge is 0.465 e. The standard InChI is InChI=1S/C23H23NO3/c1-3-27-23(26)20-14(2)24-18-12-7-13-19(25)22(18)21(20)17-11-6-9-15-8-4-5-10-16(15)17/h4-6,8-11,20-21H,3,7,12-13H2,1-2H3/t20?,21-/m0/s1. The van der Waals surface area contributed by atoms with E-state index in [1.54, 1.807) is 6.92 Å². The number of fused-ring (bicyclic) bond motifs is 1. The summed E-state index contributed by atoms with van der Waals surface area (Å²) < 4.78 is 5.38. The molecular weight excluding hydrogens is 338 g/mol. The topological polar surface area (TPSA) is 55.7 Å². The molecule has 2 atom stereocenters. The molecule has 1 unspecified atom stereocenters. The van der Waals surface area contributed by atoms with Crippen LogP contribution in [0.1, 0.15) is 44.6 Å². The van der Waals surface area contributed by atoms with Crippen LogP contribution in [0.25, 0.3) is 10.8 Å². The van der Waals surface area contributed by atoms with Gasteiger partial charge in [-0.2, -0.15) is 0 Å². The quantitative estimate of drug-likeness (QED) is 0.752. The first-order valence-electron chi connectivity index (χ1n) is 9.57. The number of benzene rings is 2. The maximum Gasteiger partial charge on any atom is 0.315 e. The Balaban J connectivity index is 1.96. The van der Waals surface area contributed by atoms with Gasteiger partial charge in [0.05, 0.1) is 6.61 Å². The average Bonchev–Trinajstić information content (AvgIpc) is 2.67. The Kier molecular flexibility index (Phi) is 4.65. The summed E-state index contributed by atoms with van der Waals surface area (Å²) in [6.45, 7) is 3.99. The molecular formula is C23H23NO3. The van der Waals surface area contributed by atoms with Crippen molar-refractivity contribution >= 4 is 28.2 Å². The molecule has 0 bridgehead atoms. The fraction of sp³-hybridized carbons (Fsp3) is 0.348. The van der Waals surface area contributed by atoms with Crippen LogP contribution in [0.3, 0.4) is 0 Å². The van der Waals surface area contributed by atoms with Crippen molar-refractivity contribution in [3.63, 3.8) is 0 Å². The van der Waals surface area contributed by atoms with Crippen LogP contribution in [0, 0.1) is 5.92 Å². The van der Waals surface area contributed by atoms with Crippen molar-refractivity contribution in [1.29, 1.82) is 0 Å². The Hall–Kier alpha value is -2.75. The van der Waals surface area contributed by atoms with Crippen molar-refractivity contribution in [1.82, 2.24) is 0 Å². The molecule has 1 aliphatic carbocycles. The predicted octanol–water partition coefficient (Wildman–Crippen LogP) is 4.58. The van der Waals surface area contributed by atoms with Crippen molar-refractivity contribution in [3.05, 3.63) is 59.3 Å². The van der Waals surface area contributed by atoms with Gasteiger partial charge in [-0.25, -0.2) is 0 Å². The molecule has 0 aromatic heterocycles. The van der Waals surface area contributed by atoms with Gasteiger partial charge in [-0.15, -0.1) is 0 Å². The number of nitrogens with zero attached hydrogens (tertiary/aromatic N) is 1. The van der Waals surface area contributed by atoms with Gasteiger partial charge < -0.3 is 4.74 Å². The van der Waals surface area contributed by atoms with Gasteiger partial charge >= 0.3 is 5.97 Å². The molecule has 1 heterocycles. The smallest absolute Gasteiger partial charge is 0.315 e. The highest BCUT2D eigenvalue weighted by atomic mass is 16.5. The normalized spacial score (nSPS) is 22.4. The van der Waals surface area contributed by atoms with Crippen LogP contribution in [0.15, 0.2) is 58.7 Å². The molecule has 0 saturated heterocycles. The number of ketones is 1. The third kappa shape index (κ3) is 2.99. The van der Waals surface area contributed by atoms with Crippen LogP contribution in [-0.4, -0.2) is 24.1 Å². The summed E-state index contributed by atoms with van der Waals surface area (Å²) in [5.74, 6) is -1.09. The molecule has 0 spiro atoms.